The molecule has 5 fully saturated rings. The van der Waals surface area contributed by atoms with Crippen molar-refractivity contribution < 1.29 is 14.6 Å². The first-order valence-corrected chi connectivity index (χ1v) is 16.9. The van der Waals surface area contributed by atoms with E-state index in [1.807, 2.05) is 7.11 Å². The molecule has 5 saturated carbocycles. The highest BCUT2D eigenvalue weighted by molar-refractivity contribution is 9.10. The number of carbonyl (C=O) groups excluding carboxylic acids is 1. The zero-order chi connectivity index (χ0) is 26.9. The van der Waals surface area contributed by atoms with Gasteiger partial charge in [0.2, 0.25) is 5.91 Å². The Bertz CT molecular complexity index is 1110. The fourth-order valence-corrected chi connectivity index (χ4v) is 12.2. The molecule has 5 heteroatoms. The van der Waals surface area contributed by atoms with E-state index in [1.165, 1.54) is 62.5 Å². The van der Waals surface area contributed by atoms with Crippen LogP contribution in [0.4, 0.5) is 0 Å². The second kappa shape index (κ2) is 10.1. The summed E-state index contributed by atoms with van der Waals surface area (Å²) in [7, 11) is 1.99. The van der Waals surface area contributed by atoms with Gasteiger partial charge in [-0.2, -0.15) is 0 Å². The normalized spacial score (nSPS) is 44.7. The summed E-state index contributed by atoms with van der Waals surface area (Å²) in [6.45, 7) is 4.21. The monoisotopic (exact) mass is 597 g/mol. The van der Waals surface area contributed by atoms with Gasteiger partial charge in [-0.05, 0) is 141 Å². The number of nitrogens with zero attached hydrogens (tertiary/aromatic N) is 1. The molecule has 4 nitrogen and oxygen atoms in total. The summed E-state index contributed by atoms with van der Waals surface area (Å²) in [5.74, 6) is 4.86. The van der Waals surface area contributed by atoms with E-state index in [-0.39, 0.29) is 6.10 Å². The number of benzene rings is 1. The second-order valence-electron chi connectivity index (χ2n) is 14.7. The van der Waals surface area contributed by atoms with Crippen LogP contribution in [-0.2, 0) is 22.5 Å². The third kappa shape index (κ3) is 4.22. The first-order valence-electron chi connectivity index (χ1n) is 16.1. The van der Waals surface area contributed by atoms with Crippen LogP contribution in [0.15, 0.2) is 22.7 Å². The summed E-state index contributed by atoms with van der Waals surface area (Å²) < 4.78 is 7.62. The van der Waals surface area contributed by atoms with E-state index in [0.717, 1.165) is 66.9 Å². The third-order valence-electron chi connectivity index (χ3n) is 13.5. The molecule has 1 aliphatic heterocycles. The average Bonchev–Trinajstić information content (AvgIpc) is 3.49. The lowest BCUT2D eigenvalue weighted by molar-refractivity contribution is -0.181. The van der Waals surface area contributed by atoms with Crippen LogP contribution in [0.5, 0.6) is 0 Å². The minimum absolute atomic E-state index is 0.0798. The minimum Gasteiger partial charge on any atom is -0.393 e. The summed E-state index contributed by atoms with van der Waals surface area (Å²) in [6, 6.07) is 6.51. The van der Waals surface area contributed by atoms with E-state index < -0.39 is 0 Å². The van der Waals surface area contributed by atoms with Gasteiger partial charge in [-0.1, -0.05) is 28.9 Å². The van der Waals surface area contributed by atoms with Crippen molar-refractivity contribution >= 4 is 21.8 Å². The molecule has 0 aromatic heterocycles. The lowest BCUT2D eigenvalue weighted by Crippen LogP contribution is -2.59. The Labute approximate surface area is 243 Å². The number of aliphatic hydroxyl groups excluding tert-OH is 1. The Balaban J connectivity index is 1.04. The Morgan fingerprint density at radius 3 is 2.74 bits per heavy atom. The van der Waals surface area contributed by atoms with Gasteiger partial charge < -0.3 is 14.7 Å². The van der Waals surface area contributed by atoms with Crippen molar-refractivity contribution in [1.29, 1.82) is 0 Å². The lowest BCUT2D eigenvalue weighted by Gasteiger charge is -2.62. The molecule has 1 aromatic rings. The first kappa shape index (κ1) is 27.0. The fourth-order valence-electron chi connectivity index (χ4n) is 11.8. The van der Waals surface area contributed by atoms with Crippen LogP contribution in [0, 0.1) is 46.3 Å². The number of fused-ring (bicyclic) bond motifs is 5. The van der Waals surface area contributed by atoms with Crippen molar-refractivity contribution in [3.05, 3.63) is 33.8 Å². The molecule has 39 heavy (non-hydrogen) atoms. The maximum Gasteiger partial charge on any atom is 0.222 e. The van der Waals surface area contributed by atoms with E-state index in [1.54, 1.807) is 0 Å². The van der Waals surface area contributed by atoms with Gasteiger partial charge in [-0.25, -0.2) is 0 Å². The van der Waals surface area contributed by atoms with Gasteiger partial charge in [-0.15, -0.1) is 0 Å². The van der Waals surface area contributed by atoms with Crippen molar-refractivity contribution in [3.63, 3.8) is 0 Å². The van der Waals surface area contributed by atoms with Gasteiger partial charge >= 0.3 is 0 Å². The van der Waals surface area contributed by atoms with Gasteiger partial charge in [0, 0.05) is 36.5 Å². The van der Waals surface area contributed by atoms with E-state index in [2.05, 4.69) is 46.0 Å². The van der Waals surface area contributed by atoms with Gasteiger partial charge in [0.15, 0.2) is 0 Å². The maximum atomic E-state index is 13.4. The molecule has 10 atom stereocenters. The summed E-state index contributed by atoms with van der Waals surface area (Å²) >= 11 is 3.59. The van der Waals surface area contributed by atoms with E-state index in [4.69, 9.17) is 4.74 Å². The molecule has 7 rings (SSSR count). The van der Waals surface area contributed by atoms with E-state index in [0.29, 0.717) is 41.1 Å². The van der Waals surface area contributed by atoms with Crippen molar-refractivity contribution in [2.24, 2.45) is 46.3 Å². The number of methoxy groups -OCH3 is 1. The largest absolute Gasteiger partial charge is 0.393 e. The molecule has 1 spiro atoms. The first-order chi connectivity index (χ1) is 18.8. The number of ether oxygens (including phenoxy) is 1. The van der Waals surface area contributed by atoms with Gasteiger partial charge in [0.05, 0.1) is 12.2 Å². The molecular weight excluding hydrogens is 550 g/mol. The number of halogens is 1. The Morgan fingerprint density at radius 2 is 1.90 bits per heavy atom. The predicted octanol–water partition coefficient (Wildman–Crippen LogP) is 7.15. The Morgan fingerprint density at radius 1 is 1.05 bits per heavy atom. The van der Waals surface area contributed by atoms with Gasteiger partial charge in [0.25, 0.3) is 0 Å². The minimum atomic E-state index is -0.0798. The third-order valence-corrected chi connectivity index (χ3v) is 14.0. The number of hydrogen-bond donors (Lipinski definition) is 1. The molecule has 5 aliphatic carbocycles. The van der Waals surface area contributed by atoms with Crippen LogP contribution < -0.4 is 0 Å². The number of rotatable bonds is 4. The summed E-state index contributed by atoms with van der Waals surface area (Å²) in [5, 5.41) is 10.4. The van der Waals surface area contributed by atoms with Crippen LogP contribution in [0.1, 0.15) is 95.1 Å². The summed E-state index contributed by atoms with van der Waals surface area (Å²) in [4.78, 5) is 15.5. The highest BCUT2D eigenvalue weighted by Gasteiger charge is 2.67. The quantitative estimate of drug-likeness (QED) is 0.401. The molecule has 1 heterocycles. The van der Waals surface area contributed by atoms with Gasteiger partial charge in [-0.3, -0.25) is 4.79 Å². The molecule has 1 amide bonds. The van der Waals surface area contributed by atoms with Crippen LogP contribution in [0.3, 0.4) is 0 Å². The molecule has 0 radical (unpaired) electrons. The topological polar surface area (TPSA) is 49.8 Å². The van der Waals surface area contributed by atoms with Crippen LogP contribution in [0.25, 0.3) is 0 Å². The maximum absolute atomic E-state index is 13.4. The number of aliphatic hydroxyl groups is 1. The number of carbonyl (C=O) groups is 1. The molecule has 214 valence electrons. The molecule has 0 unspecified atom stereocenters. The molecule has 1 N–H and O–H groups in total. The van der Waals surface area contributed by atoms with Gasteiger partial charge in [0.1, 0.15) is 0 Å². The van der Waals surface area contributed by atoms with Crippen LogP contribution >= 0.6 is 15.9 Å². The van der Waals surface area contributed by atoms with Crippen LogP contribution in [0.2, 0.25) is 0 Å². The second-order valence-corrected chi connectivity index (χ2v) is 15.6. The highest BCUT2D eigenvalue weighted by Crippen LogP contribution is 2.72. The summed E-state index contributed by atoms with van der Waals surface area (Å²) in [5.41, 5.74) is 3.42. The van der Waals surface area contributed by atoms with Crippen molar-refractivity contribution in [3.8, 4) is 0 Å². The Kier molecular flexibility index (Phi) is 6.99. The lowest BCUT2D eigenvalue weighted by atomic mass is 9.44. The average molecular weight is 599 g/mol. The summed E-state index contributed by atoms with van der Waals surface area (Å²) in [6.07, 6.45) is 15.5. The molecule has 0 bridgehead atoms. The highest BCUT2D eigenvalue weighted by atomic mass is 79.9. The molecule has 0 saturated heterocycles. The number of amides is 1. The number of hydrogen-bond acceptors (Lipinski definition) is 3. The van der Waals surface area contributed by atoms with E-state index >= 15 is 0 Å². The van der Waals surface area contributed by atoms with Crippen molar-refractivity contribution in [2.45, 2.75) is 109 Å². The van der Waals surface area contributed by atoms with Crippen LogP contribution in [-0.4, -0.2) is 41.8 Å². The zero-order valence-electron chi connectivity index (χ0n) is 24.0. The standard InChI is InChI=1S/C34H48BrNO3/c1-33-14-12-26(37)18-24(33)5-7-27-29-9-8-28-21(11-15-34(28,29)31(39-2)19-30(27)33)4-10-32(38)36-16-13-22-17-25(35)6-3-23(22)20-36/h3,6,17,21,24,26-31,37H,4-5,7-16,18-20H2,1-2H3/t21-,24+,26+,27-,28+,29-,30-,31-,33-,34+/m0/s1. The molecular formula is C34H48BrNO3. The van der Waals surface area contributed by atoms with Crippen molar-refractivity contribution in [2.75, 3.05) is 13.7 Å². The molecule has 1 aromatic carbocycles. The zero-order valence-corrected chi connectivity index (χ0v) is 25.6. The SMILES string of the molecule is CO[C@H]1C[C@H]2[C@@H](CC[C@@H]3C[C@H](O)CC[C@@]32C)[C@@H]2CC[C@@H]3[C@@H](CCC(=O)N4CCc5cc(Br)ccc5C4)CC[C@@]132. The predicted molar refractivity (Wildman–Crippen MR) is 157 cm³/mol. The fraction of sp³-hybridized carbons (Fsp3) is 0.794. The van der Waals surface area contributed by atoms with Crippen molar-refractivity contribution in [1.82, 2.24) is 4.90 Å². The Hall–Kier alpha value is -0.910. The smallest absolute Gasteiger partial charge is 0.222 e. The molecule has 6 aliphatic rings. The van der Waals surface area contributed by atoms with E-state index in [9.17, 15) is 9.90 Å².